The Labute approximate surface area is 87.4 Å². The minimum Gasteiger partial charge on any atom is -0.298 e. The topological polar surface area (TPSA) is 52.7 Å². The van der Waals surface area contributed by atoms with Gasteiger partial charge in [-0.2, -0.15) is 5.10 Å². The van der Waals surface area contributed by atoms with Crippen molar-refractivity contribution in [3.8, 4) is 0 Å². The fraction of sp³-hybridized carbons (Fsp3) is 0.500. The smallest absolute Gasteiger partial charge is 0.264 e. The number of nitrogens with zero attached hydrogens (tertiary/aromatic N) is 4. The first kappa shape index (κ1) is 9.89. The molecular formula is C10H14N4O. The molecule has 0 N–H and O–H groups in total. The number of hydrogen-bond donors (Lipinski definition) is 0. The Bertz CT molecular complexity index is 538. The van der Waals surface area contributed by atoms with Crippen molar-refractivity contribution in [3.05, 3.63) is 22.9 Å². The molecule has 5 nitrogen and oxygen atoms in total. The Morgan fingerprint density at radius 3 is 2.87 bits per heavy atom. The van der Waals surface area contributed by atoms with Gasteiger partial charge in [-0.05, 0) is 5.92 Å². The summed E-state index contributed by atoms with van der Waals surface area (Å²) in [5.74, 6) is 0.429. The lowest BCUT2D eigenvalue weighted by Gasteiger charge is -2.07. The highest BCUT2D eigenvalue weighted by atomic mass is 16.1. The highest BCUT2D eigenvalue weighted by Crippen LogP contribution is 2.04. The second-order valence-electron chi connectivity index (χ2n) is 4.10. The average Bonchev–Trinajstić information content (AvgIpc) is 2.53. The first-order valence-corrected chi connectivity index (χ1v) is 4.96. The van der Waals surface area contributed by atoms with E-state index < -0.39 is 0 Å². The molecule has 2 rings (SSSR count). The highest BCUT2D eigenvalue weighted by molar-refractivity contribution is 5.72. The molecule has 0 radical (unpaired) electrons. The summed E-state index contributed by atoms with van der Waals surface area (Å²) in [6.07, 6.45) is 3.16. The van der Waals surface area contributed by atoms with Crippen LogP contribution in [0.2, 0.25) is 0 Å². The van der Waals surface area contributed by atoms with Crippen molar-refractivity contribution in [2.45, 2.75) is 20.4 Å². The van der Waals surface area contributed by atoms with E-state index in [0.717, 1.165) is 0 Å². The zero-order valence-corrected chi connectivity index (χ0v) is 9.14. The minimum absolute atomic E-state index is 0.0122. The molecule has 0 bridgehead atoms. The van der Waals surface area contributed by atoms with Crippen LogP contribution >= 0.6 is 0 Å². The van der Waals surface area contributed by atoms with Gasteiger partial charge in [0.05, 0.1) is 12.5 Å². The summed E-state index contributed by atoms with van der Waals surface area (Å²) in [6, 6.07) is 0. The van der Waals surface area contributed by atoms with Gasteiger partial charge in [-0.15, -0.1) is 0 Å². The molecule has 0 aliphatic heterocycles. The third kappa shape index (κ3) is 1.65. The van der Waals surface area contributed by atoms with Crippen LogP contribution in [0.25, 0.3) is 11.0 Å². The van der Waals surface area contributed by atoms with Crippen molar-refractivity contribution >= 4 is 11.0 Å². The molecule has 0 spiro atoms. The molecule has 0 saturated carbocycles. The van der Waals surface area contributed by atoms with Crippen LogP contribution in [-0.4, -0.2) is 19.3 Å². The van der Waals surface area contributed by atoms with Crippen LogP contribution in [0.5, 0.6) is 0 Å². The quantitative estimate of drug-likeness (QED) is 0.729. The van der Waals surface area contributed by atoms with Gasteiger partial charge >= 0.3 is 0 Å². The molecule has 0 amide bonds. The van der Waals surface area contributed by atoms with Crippen molar-refractivity contribution in [1.82, 2.24) is 19.3 Å². The maximum absolute atomic E-state index is 11.9. The Balaban J connectivity index is 2.61. The predicted octanol–water partition coefficient (Wildman–Crippen LogP) is 0.786. The van der Waals surface area contributed by atoms with Crippen LogP contribution in [0.4, 0.5) is 0 Å². The zero-order valence-electron chi connectivity index (χ0n) is 9.14. The van der Waals surface area contributed by atoms with Crippen LogP contribution in [0.15, 0.2) is 17.3 Å². The van der Waals surface area contributed by atoms with Crippen LogP contribution in [0, 0.1) is 5.92 Å². The van der Waals surface area contributed by atoms with E-state index in [0.29, 0.717) is 23.5 Å². The summed E-state index contributed by atoms with van der Waals surface area (Å²) >= 11 is 0. The Morgan fingerprint density at radius 2 is 2.20 bits per heavy atom. The summed E-state index contributed by atoms with van der Waals surface area (Å²) in [5, 5.41) is 4.60. The fourth-order valence-corrected chi connectivity index (χ4v) is 1.59. The number of rotatable bonds is 2. The molecule has 2 aromatic heterocycles. The summed E-state index contributed by atoms with van der Waals surface area (Å²) in [6.45, 7) is 4.83. The summed E-state index contributed by atoms with van der Waals surface area (Å²) < 4.78 is 3.24. The van der Waals surface area contributed by atoms with E-state index in [9.17, 15) is 4.79 Å². The van der Waals surface area contributed by atoms with Gasteiger partial charge in [-0.1, -0.05) is 13.8 Å². The molecule has 2 heterocycles. The first-order valence-electron chi connectivity index (χ1n) is 4.96. The zero-order chi connectivity index (χ0) is 11.0. The summed E-state index contributed by atoms with van der Waals surface area (Å²) in [4.78, 5) is 16.2. The third-order valence-corrected chi connectivity index (χ3v) is 2.28. The highest BCUT2D eigenvalue weighted by Gasteiger charge is 2.08. The van der Waals surface area contributed by atoms with Gasteiger partial charge in [0.1, 0.15) is 5.39 Å². The van der Waals surface area contributed by atoms with E-state index in [2.05, 4.69) is 23.9 Å². The molecular weight excluding hydrogens is 192 g/mol. The number of fused-ring (bicyclic) bond motifs is 1. The van der Waals surface area contributed by atoms with E-state index in [-0.39, 0.29) is 5.56 Å². The van der Waals surface area contributed by atoms with Crippen LogP contribution < -0.4 is 5.56 Å². The predicted molar refractivity (Wildman–Crippen MR) is 57.6 cm³/mol. The van der Waals surface area contributed by atoms with Gasteiger partial charge in [-0.25, -0.2) is 4.98 Å². The third-order valence-electron chi connectivity index (χ3n) is 2.28. The van der Waals surface area contributed by atoms with Gasteiger partial charge in [0, 0.05) is 13.6 Å². The number of hydrogen-bond acceptors (Lipinski definition) is 3. The van der Waals surface area contributed by atoms with Crippen molar-refractivity contribution in [2.24, 2.45) is 13.0 Å². The van der Waals surface area contributed by atoms with Crippen LogP contribution in [0.3, 0.4) is 0 Å². The molecule has 2 aromatic rings. The van der Waals surface area contributed by atoms with Crippen molar-refractivity contribution in [1.29, 1.82) is 0 Å². The van der Waals surface area contributed by atoms with E-state index in [1.807, 2.05) is 0 Å². The molecule has 0 fully saturated rings. The van der Waals surface area contributed by atoms with Crippen molar-refractivity contribution in [3.63, 3.8) is 0 Å². The van der Waals surface area contributed by atoms with Gasteiger partial charge in [0.15, 0.2) is 5.65 Å². The molecule has 0 saturated heterocycles. The largest absolute Gasteiger partial charge is 0.298 e. The maximum atomic E-state index is 11.9. The standard InChI is InChI=1S/C10H14N4O/c1-7(2)5-14-6-11-9-8(10(14)15)4-12-13(9)3/h4,6-7H,5H2,1-3H3. The van der Waals surface area contributed by atoms with E-state index in [1.54, 1.807) is 28.8 Å². The Hall–Kier alpha value is -1.65. The lowest BCUT2D eigenvalue weighted by Crippen LogP contribution is -2.22. The maximum Gasteiger partial charge on any atom is 0.264 e. The van der Waals surface area contributed by atoms with E-state index in [1.165, 1.54) is 0 Å². The number of aryl methyl sites for hydroxylation is 1. The molecule has 0 aliphatic carbocycles. The average molecular weight is 206 g/mol. The van der Waals surface area contributed by atoms with Gasteiger partial charge in [0.25, 0.3) is 5.56 Å². The second kappa shape index (κ2) is 3.49. The van der Waals surface area contributed by atoms with Crippen molar-refractivity contribution in [2.75, 3.05) is 0 Å². The fourth-order valence-electron chi connectivity index (χ4n) is 1.59. The Morgan fingerprint density at radius 1 is 1.47 bits per heavy atom. The molecule has 0 unspecified atom stereocenters. The summed E-state index contributed by atoms with van der Waals surface area (Å²) in [7, 11) is 1.78. The van der Waals surface area contributed by atoms with E-state index in [4.69, 9.17) is 0 Å². The SMILES string of the molecule is CC(C)Cn1cnc2c(cnn2C)c1=O. The lowest BCUT2D eigenvalue weighted by molar-refractivity contribution is 0.508. The number of aromatic nitrogens is 4. The van der Waals surface area contributed by atoms with Gasteiger partial charge in [-0.3, -0.25) is 14.0 Å². The minimum atomic E-state index is -0.0122. The van der Waals surface area contributed by atoms with Gasteiger partial charge < -0.3 is 0 Å². The molecule has 0 atom stereocenters. The molecule has 0 aromatic carbocycles. The Kier molecular flexibility index (Phi) is 2.30. The van der Waals surface area contributed by atoms with Gasteiger partial charge in [0.2, 0.25) is 0 Å². The van der Waals surface area contributed by atoms with Crippen molar-refractivity contribution < 1.29 is 0 Å². The normalized spacial score (nSPS) is 11.5. The summed E-state index contributed by atoms with van der Waals surface area (Å²) in [5.41, 5.74) is 0.627. The van der Waals surface area contributed by atoms with E-state index >= 15 is 0 Å². The molecule has 80 valence electrons. The monoisotopic (exact) mass is 206 g/mol. The first-order chi connectivity index (χ1) is 7.09. The molecule has 5 heteroatoms. The second-order valence-corrected chi connectivity index (χ2v) is 4.10. The van der Waals surface area contributed by atoms with Crippen LogP contribution in [-0.2, 0) is 13.6 Å². The molecule has 0 aliphatic rings. The molecule has 15 heavy (non-hydrogen) atoms. The lowest BCUT2D eigenvalue weighted by atomic mass is 10.2. The van der Waals surface area contributed by atoms with Crippen LogP contribution in [0.1, 0.15) is 13.8 Å².